The molecule has 0 aliphatic heterocycles. The van der Waals surface area contributed by atoms with E-state index in [9.17, 15) is 5.21 Å². The summed E-state index contributed by atoms with van der Waals surface area (Å²) >= 11 is 0. The molecule has 0 aliphatic carbocycles. The molecule has 3 N–H and O–H groups in total. The molecule has 1 aromatic carbocycles. The van der Waals surface area contributed by atoms with Crippen LogP contribution in [0.3, 0.4) is 0 Å². The Balaban J connectivity index is 1.91. The van der Waals surface area contributed by atoms with E-state index in [0.29, 0.717) is 28.4 Å². The van der Waals surface area contributed by atoms with Crippen molar-refractivity contribution >= 4 is 17.0 Å². The van der Waals surface area contributed by atoms with Gasteiger partial charge < -0.3 is 10.9 Å². The van der Waals surface area contributed by atoms with E-state index in [-0.39, 0.29) is 0 Å². The summed E-state index contributed by atoms with van der Waals surface area (Å²) in [7, 11) is 0. The molecule has 112 valence electrons. The number of hydrogen-bond acceptors (Lipinski definition) is 5. The molecule has 0 unspecified atom stereocenters. The van der Waals surface area contributed by atoms with Gasteiger partial charge in [-0.05, 0) is 24.3 Å². The maximum Gasteiger partial charge on any atom is 0.197 e. The van der Waals surface area contributed by atoms with Crippen LogP contribution in [0.15, 0.2) is 60.8 Å². The molecule has 0 amide bonds. The third-order valence-electron chi connectivity index (χ3n) is 3.63. The number of imidazole rings is 1. The van der Waals surface area contributed by atoms with Crippen molar-refractivity contribution in [2.75, 3.05) is 5.73 Å². The van der Waals surface area contributed by atoms with Gasteiger partial charge in [0.25, 0.3) is 0 Å². The number of nitrogen functional groups attached to an aromatic ring is 1. The van der Waals surface area contributed by atoms with E-state index in [2.05, 4.69) is 15.0 Å². The zero-order valence-electron chi connectivity index (χ0n) is 12.1. The first-order valence-corrected chi connectivity index (χ1v) is 7.09. The fourth-order valence-electron chi connectivity index (χ4n) is 2.50. The largest absolute Gasteiger partial charge is 0.425 e. The van der Waals surface area contributed by atoms with E-state index < -0.39 is 0 Å². The van der Waals surface area contributed by atoms with Gasteiger partial charge in [-0.1, -0.05) is 30.3 Å². The van der Waals surface area contributed by atoms with E-state index in [1.54, 1.807) is 18.3 Å². The molecule has 0 saturated heterocycles. The molecule has 0 atom stereocenters. The zero-order chi connectivity index (χ0) is 15.8. The summed E-state index contributed by atoms with van der Waals surface area (Å²) in [5.74, 6) is 0.629. The van der Waals surface area contributed by atoms with Crippen molar-refractivity contribution in [1.29, 1.82) is 0 Å². The van der Waals surface area contributed by atoms with Crippen LogP contribution in [0, 0.1) is 0 Å². The van der Waals surface area contributed by atoms with Crippen LogP contribution in [0.4, 0.5) is 5.82 Å². The first-order chi connectivity index (χ1) is 11.2. The van der Waals surface area contributed by atoms with Crippen molar-refractivity contribution < 1.29 is 5.21 Å². The Hall–Kier alpha value is -3.41. The Morgan fingerprint density at radius 2 is 1.74 bits per heavy atom. The number of rotatable bonds is 2. The smallest absolute Gasteiger partial charge is 0.197 e. The van der Waals surface area contributed by atoms with Gasteiger partial charge in [0, 0.05) is 11.8 Å². The molecule has 0 radical (unpaired) electrons. The minimum absolute atomic E-state index is 0.307. The van der Waals surface area contributed by atoms with E-state index in [0.717, 1.165) is 16.0 Å². The van der Waals surface area contributed by atoms with Crippen molar-refractivity contribution in [2.45, 2.75) is 0 Å². The number of aromatic nitrogens is 4. The first kappa shape index (κ1) is 13.3. The molecule has 6 heteroatoms. The maximum atomic E-state index is 10.4. The fourth-order valence-corrected chi connectivity index (χ4v) is 2.50. The Bertz CT molecular complexity index is 994. The molecular weight excluding hydrogens is 290 g/mol. The quantitative estimate of drug-likeness (QED) is 0.556. The van der Waals surface area contributed by atoms with Gasteiger partial charge in [0.15, 0.2) is 11.5 Å². The highest BCUT2D eigenvalue weighted by Gasteiger charge is 2.16. The molecule has 3 heterocycles. The number of fused-ring (bicyclic) bond motifs is 1. The molecule has 6 nitrogen and oxygen atoms in total. The predicted molar refractivity (Wildman–Crippen MR) is 87.8 cm³/mol. The normalized spacial score (nSPS) is 11.0. The van der Waals surface area contributed by atoms with Gasteiger partial charge >= 0.3 is 0 Å². The van der Waals surface area contributed by atoms with Crippen LogP contribution >= 0.6 is 0 Å². The van der Waals surface area contributed by atoms with Crippen LogP contribution in [0.25, 0.3) is 33.8 Å². The summed E-state index contributed by atoms with van der Waals surface area (Å²) in [5, 5.41) is 10.4. The highest BCUT2D eigenvalue weighted by Crippen LogP contribution is 2.27. The second kappa shape index (κ2) is 5.10. The Morgan fingerprint density at radius 3 is 2.52 bits per heavy atom. The number of hydrogen-bond donors (Lipinski definition) is 2. The first-order valence-electron chi connectivity index (χ1n) is 7.09. The van der Waals surface area contributed by atoms with Crippen molar-refractivity contribution in [3.63, 3.8) is 0 Å². The van der Waals surface area contributed by atoms with E-state index in [1.165, 1.54) is 0 Å². The SMILES string of the molecule is Nc1ncccc1-c1nc2ccc(-c3ccccc3)nc2n1O. The maximum absolute atomic E-state index is 10.4. The third kappa shape index (κ3) is 2.17. The fraction of sp³-hybridized carbons (Fsp3) is 0. The van der Waals surface area contributed by atoms with Crippen molar-refractivity contribution in [1.82, 2.24) is 19.7 Å². The van der Waals surface area contributed by atoms with Crippen LogP contribution in [0.2, 0.25) is 0 Å². The van der Waals surface area contributed by atoms with Crippen LogP contribution in [0.1, 0.15) is 0 Å². The highest BCUT2D eigenvalue weighted by atomic mass is 16.5. The Labute approximate surface area is 131 Å². The molecule has 4 aromatic rings. The lowest BCUT2D eigenvalue weighted by Gasteiger charge is -2.03. The topological polar surface area (TPSA) is 89.9 Å². The lowest BCUT2D eigenvalue weighted by molar-refractivity contribution is 0.201. The summed E-state index contributed by atoms with van der Waals surface area (Å²) in [4.78, 5) is 12.9. The standard InChI is InChI=1S/C17H13N5O/c18-15-12(7-4-10-19-15)16-21-14-9-8-13(20-17(14)22(16)23)11-5-2-1-3-6-11/h1-10,23H,(H2,18,19). The average molecular weight is 303 g/mol. The van der Waals surface area contributed by atoms with Crippen LogP contribution < -0.4 is 5.73 Å². The molecule has 4 rings (SSSR count). The second-order valence-electron chi connectivity index (χ2n) is 5.09. The number of benzene rings is 1. The van der Waals surface area contributed by atoms with Crippen LogP contribution in [-0.2, 0) is 0 Å². The summed E-state index contributed by atoms with van der Waals surface area (Å²) in [6, 6.07) is 17.0. The second-order valence-corrected chi connectivity index (χ2v) is 5.09. The number of nitrogens with zero attached hydrogens (tertiary/aromatic N) is 4. The van der Waals surface area contributed by atoms with E-state index in [1.807, 2.05) is 42.5 Å². The third-order valence-corrected chi connectivity index (χ3v) is 3.63. The summed E-state index contributed by atoms with van der Waals surface area (Å²) < 4.78 is 0.954. The molecule has 0 bridgehead atoms. The summed E-state index contributed by atoms with van der Waals surface area (Å²) in [6.45, 7) is 0. The lowest BCUT2D eigenvalue weighted by Crippen LogP contribution is -2.00. The van der Waals surface area contributed by atoms with Crippen molar-refractivity contribution in [2.24, 2.45) is 0 Å². The van der Waals surface area contributed by atoms with Crippen LogP contribution in [-0.4, -0.2) is 24.9 Å². The van der Waals surface area contributed by atoms with Gasteiger partial charge in [-0.25, -0.2) is 15.0 Å². The average Bonchev–Trinajstić information content (AvgIpc) is 2.92. The predicted octanol–water partition coefficient (Wildman–Crippen LogP) is 2.98. The minimum Gasteiger partial charge on any atom is -0.425 e. The monoisotopic (exact) mass is 303 g/mol. The molecule has 23 heavy (non-hydrogen) atoms. The molecule has 0 saturated carbocycles. The number of pyridine rings is 2. The number of anilines is 1. The minimum atomic E-state index is 0.307. The molecule has 0 fully saturated rings. The zero-order valence-corrected chi connectivity index (χ0v) is 12.1. The molecule has 0 spiro atoms. The summed E-state index contributed by atoms with van der Waals surface area (Å²) in [6.07, 6.45) is 1.59. The molecular formula is C17H13N5O. The Kier molecular flexibility index (Phi) is 2.94. The van der Waals surface area contributed by atoms with Crippen molar-refractivity contribution in [3.05, 3.63) is 60.8 Å². The number of nitrogens with two attached hydrogens (primary N) is 1. The van der Waals surface area contributed by atoms with Gasteiger partial charge in [0.05, 0.1) is 11.3 Å². The van der Waals surface area contributed by atoms with Gasteiger partial charge in [-0.2, -0.15) is 0 Å². The van der Waals surface area contributed by atoms with E-state index in [4.69, 9.17) is 5.73 Å². The van der Waals surface area contributed by atoms with Crippen molar-refractivity contribution in [3.8, 4) is 22.6 Å². The summed E-state index contributed by atoms with van der Waals surface area (Å²) in [5.41, 5.74) is 9.13. The lowest BCUT2D eigenvalue weighted by atomic mass is 10.1. The molecule has 0 aliphatic rings. The van der Waals surface area contributed by atoms with E-state index >= 15 is 0 Å². The molecule has 3 aromatic heterocycles. The Morgan fingerprint density at radius 1 is 0.913 bits per heavy atom. The van der Waals surface area contributed by atoms with Gasteiger partial charge in [0.2, 0.25) is 0 Å². The van der Waals surface area contributed by atoms with Gasteiger partial charge in [0.1, 0.15) is 11.3 Å². The highest BCUT2D eigenvalue weighted by molar-refractivity contribution is 5.81. The van der Waals surface area contributed by atoms with Gasteiger partial charge in [-0.15, -0.1) is 4.73 Å². The van der Waals surface area contributed by atoms with Crippen LogP contribution in [0.5, 0.6) is 0 Å². The van der Waals surface area contributed by atoms with Gasteiger partial charge in [-0.3, -0.25) is 0 Å².